The van der Waals surface area contributed by atoms with Crippen molar-refractivity contribution in [2.24, 2.45) is 10.8 Å². The maximum atomic E-state index is 12.0. The van der Waals surface area contributed by atoms with Crippen LogP contribution < -0.4 is 0 Å². The van der Waals surface area contributed by atoms with Gasteiger partial charge in [-0.2, -0.15) is 0 Å². The molecule has 0 bridgehead atoms. The largest absolute Gasteiger partial charge is 0.444 e. The number of nitrogens with zero attached hydrogens (tertiary/aromatic N) is 1. The lowest BCUT2D eigenvalue weighted by atomic mass is 9.50. The van der Waals surface area contributed by atoms with Gasteiger partial charge in [0.2, 0.25) is 0 Å². The van der Waals surface area contributed by atoms with Crippen molar-refractivity contribution < 1.29 is 14.6 Å². The van der Waals surface area contributed by atoms with Crippen LogP contribution in [-0.4, -0.2) is 41.4 Å². The molecule has 1 N–H and O–H groups in total. The molecule has 1 saturated heterocycles. The fraction of sp³-hybridized carbons (Fsp3) is 0.933. The summed E-state index contributed by atoms with van der Waals surface area (Å²) in [5.41, 5.74) is 0.0717. The van der Waals surface area contributed by atoms with E-state index in [0.717, 1.165) is 38.8 Å². The minimum atomic E-state index is -0.419. The quantitative estimate of drug-likeness (QED) is 0.796. The van der Waals surface area contributed by atoms with Gasteiger partial charge in [-0.1, -0.05) is 6.92 Å². The number of carbonyl (C=O) groups is 1. The zero-order valence-corrected chi connectivity index (χ0v) is 12.7. The molecule has 1 spiro atoms. The van der Waals surface area contributed by atoms with Crippen molar-refractivity contribution in [2.75, 3.05) is 19.7 Å². The van der Waals surface area contributed by atoms with E-state index in [1.165, 1.54) is 0 Å². The third kappa shape index (κ3) is 3.22. The molecule has 1 aliphatic carbocycles. The number of ether oxygens (including phenoxy) is 1. The highest BCUT2D eigenvalue weighted by molar-refractivity contribution is 5.68. The number of piperidine rings is 1. The third-order valence-electron chi connectivity index (χ3n) is 4.46. The normalized spacial score (nSPS) is 25.0. The molecule has 4 nitrogen and oxygen atoms in total. The van der Waals surface area contributed by atoms with Crippen LogP contribution in [0, 0.1) is 10.8 Å². The first kappa shape index (κ1) is 14.6. The molecular weight excluding hydrogens is 242 g/mol. The predicted octanol–water partition coefficient (Wildman–Crippen LogP) is 2.80. The van der Waals surface area contributed by atoms with Crippen LogP contribution in [-0.2, 0) is 4.74 Å². The van der Waals surface area contributed by atoms with Crippen LogP contribution in [0.2, 0.25) is 0 Å². The first-order valence-corrected chi connectivity index (χ1v) is 7.26. The average Bonchev–Trinajstić information content (AvgIpc) is 2.25. The molecule has 19 heavy (non-hydrogen) atoms. The topological polar surface area (TPSA) is 49.8 Å². The molecule has 2 rings (SSSR count). The van der Waals surface area contributed by atoms with Crippen LogP contribution in [0.5, 0.6) is 0 Å². The lowest BCUT2D eigenvalue weighted by molar-refractivity contribution is -0.0950. The van der Waals surface area contributed by atoms with Gasteiger partial charge in [-0.05, 0) is 57.3 Å². The van der Waals surface area contributed by atoms with Crippen LogP contribution >= 0.6 is 0 Å². The van der Waals surface area contributed by atoms with Crippen molar-refractivity contribution in [3.63, 3.8) is 0 Å². The smallest absolute Gasteiger partial charge is 0.410 e. The standard InChI is InChI=1S/C15H27NO3/c1-13(2,3)19-12(18)16-7-5-15(6-8-16)9-14(4,10-15)11-17/h17H,5-11H2,1-4H3. The number of carbonyl (C=O) groups excluding carboxylic acids is 1. The molecule has 0 aromatic heterocycles. The number of hydrogen-bond donors (Lipinski definition) is 1. The highest BCUT2D eigenvalue weighted by Crippen LogP contribution is 2.59. The zero-order chi connectivity index (χ0) is 14.3. The van der Waals surface area contributed by atoms with Gasteiger partial charge in [-0.15, -0.1) is 0 Å². The van der Waals surface area contributed by atoms with Crippen LogP contribution in [0.3, 0.4) is 0 Å². The lowest BCUT2D eigenvalue weighted by Gasteiger charge is -2.57. The number of rotatable bonds is 1. The summed E-state index contributed by atoms with van der Waals surface area (Å²) in [4.78, 5) is 13.8. The molecule has 1 saturated carbocycles. The number of likely N-dealkylation sites (tertiary alicyclic amines) is 1. The maximum absolute atomic E-state index is 12.0. The van der Waals surface area contributed by atoms with Gasteiger partial charge in [-0.25, -0.2) is 4.79 Å². The fourth-order valence-electron chi connectivity index (χ4n) is 3.71. The predicted molar refractivity (Wildman–Crippen MR) is 73.9 cm³/mol. The Morgan fingerprint density at radius 1 is 1.26 bits per heavy atom. The molecule has 0 aromatic carbocycles. The van der Waals surface area contributed by atoms with Gasteiger partial charge in [0.15, 0.2) is 0 Å². The lowest BCUT2D eigenvalue weighted by Crippen LogP contribution is -2.54. The molecule has 0 aromatic rings. The number of hydrogen-bond acceptors (Lipinski definition) is 3. The summed E-state index contributed by atoms with van der Waals surface area (Å²) in [7, 11) is 0. The zero-order valence-electron chi connectivity index (χ0n) is 12.7. The van der Waals surface area contributed by atoms with E-state index in [9.17, 15) is 9.90 Å². The van der Waals surface area contributed by atoms with Crippen LogP contribution in [0.25, 0.3) is 0 Å². The summed E-state index contributed by atoms with van der Waals surface area (Å²) in [5, 5.41) is 9.34. The Hall–Kier alpha value is -0.770. The molecular formula is C15H27NO3. The van der Waals surface area contributed by atoms with Gasteiger partial charge >= 0.3 is 6.09 Å². The Morgan fingerprint density at radius 2 is 1.79 bits per heavy atom. The van der Waals surface area contributed by atoms with E-state index in [1.54, 1.807) is 0 Å². The van der Waals surface area contributed by atoms with E-state index in [1.807, 2.05) is 25.7 Å². The molecule has 0 radical (unpaired) electrons. The van der Waals surface area contributed by atoms with Gasteiger partial charge in [0.1, 0.15) is 5.60 Å². The second-order valence-electron chi connectivity index (χ2n) is 7.79. The summed E-state index contributed by atoms with van der Waals surface area (Å²) >= 11 is 0. The second kappa shape index (κ2) is 4.65. The van der Waals surface area contributed by atoms with Crippen LogP contribution in [0.1, 0.15) is 53.4 Å². The first-order valence-electron chi connectivity index (χ1n) is 7.26. The van der Waals surface area contributed by atoms with E-state index >= 15 is 0 Å². The van der Waals surface area contributed by atoms with E-state index in [2.05, 4.69) is 6.92 Å². The number of aliphatic hydroxyl groups excluding tert-OH is 1. The maximum Gasteiger partial charge on any atom is 0.410 e. The summed E-state index contributed by atoms with van der Waals surface area (Å²) in [6.07, 6.45) is 4.09. The van der Waals surface area contributed by atoms with Gasteiger partial charge < -0.3 is 14.7 Å². The fourth-order valence-corrected chi connectivity index (χ4v) is 3.71. The first-order chi connectivity index (χ1) is 8.67. The summed E-state index contributed by atoms with van der Waals surface area (Å²) < 4.78 is 5.41. The van der Waals surface area contributed by atoms with Crippen molar-refractivity contribution in [2.45, 2.75) is 59.0 Å². The molecule has 2 aliphatic rings. The Kier molecular flexibility index (Phi) is 3.58. The van der Waals surface area contributed by atoms with Crippen molar-refractivity contribution in [3.05, 3.63) is 0 Å². The van der Waals surface area contributed by atoms with E-state index in [0.29, 0.717) is 5.41 Å². The van der Waals surface area contributed by atoms with E-state index < -0.39 is 5.60 Å². The van der Waals surface area contributed by atoms with Crippen molar-refractivity contribution in [3.8, 4) is 0 Å². The Labute approximate surface area is 116 Å². The minimum Gasteiger partial charge on any atom is -0.444 e. The monoisotopic (exact) mass is 269 g/mol. The molecule has 110 valence electrons. The molecule has 4 heteroatoms. The number of amides is 1. The minimum absolute atomic E-state index is 0.119. The highest BCUT2D eigenvalue weighted by Gasteiger charge is 2.52. The molecule has 0 unspecified atom stereocenters. The Morgan fingerprint density at radius 3 is 2.21 bits per heavy atom. The summed E-state index contributed by atoms with van der Waals surface area (Å²) in [5.74, 6) is 0. The van der Waals surface area contributed by atoms with Gasteiger partial charge in [0, 0.05) is 19.7 Å². The van der Waals surface area contributed by atoms with Crippen molar-refractivity contribution in [1.82, 2.24) is 4.90 Å². The SMILES string of the molecule is CC1(CO)CC2(CCN(C(=O)OC(C)(C)C)CC2)C1. The summed E-state index contributed by atoms with van der Waals surface area (Å²) in [6.45, 7) is 9.70. The average molecular weight is 269 g/mol. The highest BCUT2D eigenvalue weighted by atomic mass is 16.6. The van der Waals surface area contributed by atoms with Crippen LogP contribution in [0.15, 0.2) is 0 Å². The molecule has 1 aliphatic heterocycles. The second-order valence-corrected chi connectivity index (χ2v) is 7.79. The van der Waals surface area contributed by atoms with Crippen LogP contribution in [0.4, 0.5) is 4.79 Å². The molecule has 1 heterocycles. The number of aliphatic hydroxyl groups is 1. The van der Waals surface area contributed by atoms with Gasteiger partial charge in [0.05, 0.1) is 0 Å². The molecule has 1 amide bonds. The van der Waals surface area contributed by atoms with E-state index in [-0.39, 0.29) is 18.1 Å². The third-order valence-corrected chi connectivity index (χ3v) is 4.46. The van der Waals surface area contributed by atoms with Crippen molar-refractivity contribution >= 4 is 6.09 Å². The van der Waals surface area contributed by atoms with E-state index in [4.69, 9.17) is 4.74 Å². The van der Waals surface area contributed by atoms with Gasteiger partial charge in [-0.3, -0.25) is 0 Å². The Bertz CT molecular complexity index is 343. The van der Waals surface area contributed by atoms with Gasteiger partial charge in [0.25, 0.3) is 0 Å². The Balaban J connectivity index is 1.82. The molecule has 0 atom stereocenters. The van der Waals surface area contributed by atoms with Crippen molar-refractivity contribution in [1.29, 1.82) is 0 Å². The summed E-state index contributed by atoms with van der Waals surface area (Å²) in [6, 6.07) is 0. The molecule has 2 fully saturated rings.